The van der Waals surface area contributed by atoms with Crippen LogP contribution in [0.3, 0.4) is 0 Å². The van der Waals surface area contributed by atoms with E-state index in [1.165, 1.54) is 12.1 Å². The Balaban J connectivity index is 1.68. The maximum Gasteiger partial charge on any atom is 0.432 e. The molecule has 1 nitrogen and oxygen atoms in total. The molecule has 0 unspecified atom stereocenters. The Morgan fingerprint density at radius 1 is 0.581 bits per heavy atom. The third-order valence-corrected chi connectivity index (χ3v) is 6.20. The average molecular weight is 622 g/mol. The van der Waals surface area contributed by atoms with E-state index >= 15 is 8.78 Å². The molecule has 0 amide bonds. The first-order valence-electron chi connectivity index (χ1n) is 12.3. The molecule has 4 aromatic carbocycles. The van der Waals surface area contributed by atoms with E-state index in [0.29, 0.717) is 24.1 Å². The van der Waals surface area contributed by atoms with E-state index in [0.717, 1.165) is 0 Å². The van der Waals surface area contributed by atoms with Crippen LogP contribution in [0.15, 0.2) is 54.6 Å². The van der Waals surface area contributed by atoms with Gasteiger partial charge in [0, 0.05) is 17.7 Å². The summed E-state index contributed by atoms with van der Waals surface area (Å²) in [5.74, 6) is -13.9. The summed E-state index contributed by atoms with van der Waals surface area (Å²) in [6.07, 6.45) is -10.1. The lowest BCUT2D eigenvalue weighted by Crippen LogP contribution is -2.25. The van der Waals surface area contributed by atoms with E-state index in [9.17, 15) is 43.9 Å². The largest absolute Gasteiger partial charge is 0.432 e. The quantitative estimate of drug-likeness (QED) is 0.187. The Hall–Kier alpha value is -4.16. The zero-order chi connectivity index (χ0) is 32.0. The van der Waals surface area contributed by atoms with Gasteiger partial charge in [-0.3, -0.25) is 0 Å². The van der Waals surface area contributed by atoms with Gasteiger partial charge in [0.1, 0.15) is 57.6 Å². The molecule has 228 valence electrons. The van der Waals surface area contributed by atoms with E-state index in [4.69, 9.17) is 0 Å². The van der Waals surface area contributed by atoms with Crippen LogP contribution < -0.4 is 4.74 Å². The third-order valence-electron chi connectivity index (χ3n) is 6.20. The van der Waals surface area contributed by atoms with Crippen molar-refractivity contribution in [1.82, 2.24) is 0 Å². The Bertz CT molecular complexity index is 1620. The molecule has 0 atom stereocenters. The van der Waals surface area contributed by atoms with Crippen molar-refractivity contribution in [1.29, 1.82) is 0 Å². The highest BCUT2D eigenvalue weighted by molar-refractivity contribution is 5.72. The zero-order valence-electron chi connectivity index (χ0n) is 21.9. The fourth-order valence-electron chi connectivity index (χ4n) is 4.47. The second-order valence-electron chi connectivity index (χ2n) is 9.92. The predicted molar refractivity (Wildman–Crippen MR) is 132 cm³/mol. The average Bonchev–Trinajstić information content (AvgIpc) is 2.80. The maximum absolute atomic E-state index is 15.0. The first-order valence-corrected chi connectivity index (χ1v) is 12.3. The first kappa shape index (κ1) is 31.8. The highest BCUT2D eigenvalue weighted by Crippen LogP contribution is 2.41. The molecule has 4 aromatic rings. The summed E-state index contributed by atoms with van der Waals surface area (Å²) in [6.45, 7) is 3.81. The van der Waals surface area contributed by atoms with Crippen LogP contribution in [-0.2, 0) is 18.7 Å². The molecule has 43 heavy (non-hydrogen) atoms. The van der Waals surface area contributed by atoms with Crippen LogP contribution in [-0.4, -0.2) is 0 Å². The molecule has 0 spiro atoms. The monoisotopic (exact) mass is 622 g/mol. The van der Waals surface area contributed by atoms with Gasteiger partial charge in [-0.25, -0.2) is 30.7 Å². The standard InChI is InChI=1S/C30H18F12O/c1-13(2)5-14-3-4-18(19(31)6-14)15-7-20(32)26(21(33)8-15)16-9-22(34)28(23(35)10-16)30(41,42)43-17-11-24(36)27(25(37)12-17)29(38,39)40/h3-4,6-13H,5H2,1-2H3. The lowest BCUT2D eigenvalue weighted by Gasteiger charge is -2.21. The third kappa shape index (κ3) is 6.60. The van der Waals surface area contributed by atoms with E-state index in [-0.39, 0.29) is 41.3 Å². The molecule has 0 N–H and O–H groups in total. The van der Waals surface area contributed by atoms with Crippen LogP contribution in [0.4, 0.5) is 52.7 Å². The molecule has 0 heterocycles. The second-order valence-corrected chi connectivity index (χ2v) is 9.92. The van der Waals surface area contributed by atoms with Crippen LogP contribution in [0.25, 0.3) is 22.3 Å². The Morgan fingerprint density at radius 3 is 1.53 bits per heavy atom. The SMILES string of the molecule is CC(C)Cc1ccc(-c2cc(F)c(-c3cc(F)c(C(F)(F)Oc4cc(F)c(C(F)(F)F)c(F)c4)c(F)c3)c(F)c2)c(F)c1. The molecule has 0 aliphatic heterocycles. The molecule has 0 aliphatic carbocycles. The minimum atomic E-state index is -5.53. The van der Waals surface area contributed by atoms with Crippen molar-refractivity contribution < 1.29 is 57.4 Å². The van der Waals surface area contributed by atoms with Gasteiger partial charge in [-0.15, -0.1) is 0 Å². The Morgan fingerprint density at radius 2 is 1.07 bits per heavy atom. The number of rotatable bonds is 7. The molecule has 0 saturated carbocycles. The topological polar surface area (TPSA) is 9.23 Å². The number of hydrogen-bond donors (Lipinski definition) is 0. The summed E-state index contributed by atoms with van der Waals surface area (Å²) in [5.41, 5.74) is -6.34. The molecule has 0 aliphatic rings. The summed E-state index contributed by atoms with van der Waals surface area (Å²) in [7, 11) is 0. The lowest BCUT2D eigenvalue weighted by molar-refractivity contribution is -0.189. The van der Waals surface area contributed by atoms with Crippen molar-refractivity contribution in [3.8, 4) is 28.0 Å². The molecule has 0 radical (unpaired) electrons. The fraction of sp³-hybridized carbons (Fsp3) is 0.200. The minimum absolute atomic E-state index is 0.117. The van der Waals surface area contributed by atoms with Gasteiger partial charge in [0.05, 0.1) is 5.56 Å². The molecule has 4 rings (SSSR count). The van der Waals surface area contributed by atoms with Gasteiger partial charge < -0.3 is 4.74 Å². The van der Waals surface area contributed by atoms with Crippen LogP contribution in [0.2, 0.25) is 0 Å². The highest BCUT2D eigenvalue weighted by Gasteiger charge is 2.43. The number of halogens is 12. The van der Waals surface area contributed by atoms with Crippen LogP contribution in [0.1, 0.15) is 30.5 Å². The molecule has 0 fully saturated rings. The molecule has 0 aromatic heterocycles. The smallest absolute Gasteiger partial charge is 0.429 e. The number of ether oxygens (including phenoxy) is 1. The van der Waals surface area contributed by atoms with E-state index in [1.807, 2.05) is 13.8 Å². The Labute approximate surface area is 236 Å². The van der Waals surface area contributed by atoms with Crippen molar-refractivity contribution in [3.05, 3.63) is 112 Å². The van der Waals surface area contributed by atoms with Crippen molar-refractivity contribution in [2.45, 2.75) is 32.6 Å². The van der Waals surface area contributed by atoms with E-state index in [1.54, 1.807) is 6.07 Å². The molecular formula is C30H18F12O. The predicted octanol–water partition coefficient (Wildman–Crippen LogP) is 10.3. The molecule has 0 saturated heterocycles. The second kappa shape index (κ2) is 11.5. The van der Waals surface area contributed by atoms with Gasteiger partial charge >= 0.3 is 12.3 Å². The number of hydrogen-bond acceptors (Lipinski definition) is 1. The molecule has 0 bridgehead atoms. The normalized spacial score (nSPS) is 12.3. The summed E-state index contributed by atoms with van der Waals surface area (Å²) in [6, 6.07) is 5.10. The summed E-state index contributed by atoms with van der Waals surface area (Å²) in [5, 5.41) is 0. The van der Waals surface area contributed by atoms with Crippen molar-refractivity contribution in [2.75, 3.05) is 0 Å². The minimum Gasteiger partial charge on any atom is -0.429 e. The fourth-order valence-corrected chi connectivity index (χ4v) is 4.47. The molecule has 13 heteroatoms. The van der Waals surface area contributed by atoms with Gasteiger partial charge in [0.25, 0.3) is 0 Å². The van der Waals surface area contributed by atoms with Crippen molar-refractivity contribution >= 4 is 0 Å². The van der Waals surface area contributed by atoms with Crippen LogP contribution >= 0.6 is 0 Å². The summed E-state index contributed by atoms with van der Waals surface area (Å²) in [4.78, 5) is 0. The summed E-state index contributed by atoms with van der Waals surface area (Å²) >= 11 is 0. The Kier molecular flexibility index (Phi) is 8.49. The van der Waals surface area contributed by atoms with Gasteiger partial charge in [-0.1, -0.05) is 26.0 Å². The number of benzene rings is 4. The lowest BCUT2D eigenvalue weighted by atomic mass is 9.95. The van der Waals surface area contributed by atoms with E-state index < -0.39 is 81.0 Å². The van der Waals surface area contributed by atoms with Gasteiger partial charge in [-0.2, -0.15) is 22.0 Å². The zero-order valence-corrected chi connectivity index (χ0v) is 21.9. The van der Waals surface area contributed by atoms with Crippen LogP contribution in [0, 0.1) is 46.6 Å². The maximum atomic E-state index is 15.0. The van der Waals surface area contributed by atoms with Crippen molar-refractivity contribution in [2.24, 2.45) is 5.92 Å². The molecular weight excluding hydrogens is 604 g/mol. The van der Waals surface area contributed by atoms with E-state index in [2.05, 4.69) is 4.74 Å². The van der Waals surface area contributed by atoms with Gasteiger partial charge in [0.2, 0.25) is 0 Å². The van der Waals surface area contributed by atoms with Crippen LogP contribution in [0.5, 0.6) is 5.75 Å². The van der Waals surface area contributed by atoms with Gasteiger partial charge in [-0.05, 0) is 59.4 Å². The first-order chi connectivity index (χ1) is 19.9. The van der Waals surface area contributed by atoms with Gasteiger partial charge in [0.15, 0.2) is 0 Å². The van der Waals surface area contributed by atoms with Crippen molar-refractivity contribution in [3.63, 3.8) is 0 Å². The summed E-state index contributed by atoms with van der Waals surface area (Å²) < 4.78 is 173. The highest BCUT2D eigenvalue weighted by atomic mass is 19.4. The number of alkyl halides is 5.